The van der Waals surface area contributed by atoms with Crippen LogP contribution < -0.4 is 9.79 Å². The fraction of sp³-hybridized carbons (Fsp3) is 0.231. The van der Waals surface area contributed by atoms with Gasteiger partial charge in [-0.25, -0.2) is 8.42 Å². The Bertz CT molecular complexity index is 696. The lowest BCUT2D eigenvalue weighted by atomic mass is 10.1. The van der Waals surface area contributed by atoms with Crippen molar-refractivity contribution in [3.05, 3.63) is 36.4 Å². The second-order valence-corrected chi connectivity index (χ2v) is 5.93. The first-order valence-electron chi connectivity index (χ1n) is 5.71. The van der Waals surface area contributed by atoms with E-state index in [0.717, 1.165) is 11.1 Å². The molecule has 0 aromatic heterocycles. The predicted octanol–water partition coefficient (Wildman–Crippen LogP) is 1.75. The quantitative estimate of drug-likeness (QED) is 0.867. The number of nitrogens with zero attached hydrogens (tertiary/aromatic N) is 1. The normalized spacial score (nSPS) is 11.7. The molecule has 0 fully saturated rings. The highest BCUT2D eigenvalue weighted by atomic mass is 32.2. The molecule has 0 unspecified atom stereocenters. The van der Waals surface area contributed by atoms with Crippen LogP contribution in [0.2, 0.25) is 0 Å². The Morgan fingerprint density at radius 1 is 1.05 bits per heavy atom. The monoisotopic (exact) mass is 280 g/mol. The molecule has 0 amide bonds. The number of benzene rings is 2. The fourth-order valence-corrected chi connectivity index (χ4v) is 3.08. The molecule has 5 nitrogen and oxygen atoms in total. The maximum atomic E-state index is 12.1. The lowest BCUT2D eigenvalue weighted by molar-refractivity contribution is 0.153. The highest BCUT2D eigenvalue weighted by molar-refractivity contribution is 7.89. The first kappa shape index (κ1) is 13.8. The van der Waals surface area contributed by atoms with E-state index in [1.54, 1.807) is 18.2 Å². The molecule has 0 saturated heterocycles. The summed E-state index contributed by atoms with van der Waals surface area (Å²) in [4.78, 5) is 8.73. The van der Waals surface area contributed by atoms with Crippen LogP contribution in [0.15, 0.2) is 41.3 Å². The highest BCUT2D eigenvalue weighted by Gasteiger charge is 2.17. The average Bonchev–Trinajstić information content (AvgIpc) is 2.37. The average molecular weight is 280 g/mol. The van der Waals surface area contributed by atoms with Crippen molar-refractivity contribution < 1.29 is 13.3 Å². The van der Waals surface area contributed by atoms with E-state index < -0.39 is 10.0 Å². The summed E-state index contributed by atoms with van der Waals surface area (Å²) in [6.07, 6.45) is 0. The molecular weight excluding hydrogens is 264 g/mol. The number of fused-ring (bicyclic) bond motifs is 1. The fourth-order valence-electron chi connectivity index (χ4n) is 2.04. The summed E-state index contributed by atoms with van der Waals surface area (Å²) >= 11 is 0. The molecule has 0 heterocycles. The molecular formula is C13H16N2O3S. The molecule has 0 atom stereocenters. The molecule has 0 aliphatic rings. The Hall–Kier alpha value is -1.63. The predicted molar refractivity (Wildman–Crippen MR) is 75.6 cm³/mol. The van der Waals surface area contributed by atoms with Crippen LogP contribution in [-0.2, 0) is 14.9 Å². The third kappa shape index (κ3) is 2.56. The SMILES string of the molecule is CONS(=O)(=O)c1cccc2c(N(C)C)cccc12. The highest BCUT2D eigenvalue weighted by Crippen LogP contribution is 2.29. The number of hydrogen-bond acceptors (Lipinski definition) is 4. The Balaban J connectivity index is 2.75. The molecule has 0 aliphatic carbocycles. The van der Waals surface area contributed by atoms with Crippen molar-refractivity contribution in [2.75, 3.05) is 26.1 Å². The summed E-state index contributed by atoms with van der Waals surface area (Å²) in [5.74, 6) is 0. The minimum absolute atomic E-state index is 0.204. The molecule has 0 spiro atoms. The molecule has 1 N–H and O–H groups in total. The van der Waals surface area contributed by atoms with Crippen molar-refractivity contribution in [2.45, 2.75) is 4.90 Å². The topological polar surface area (TPSA) is 58.6 Å². The zero-order chi connectivity index (χ0) is 14.0. The maximum Gasteiger partial charge on any atom is 0.263 e. The van der Waals surface area contributed by atoms with Gasteiger partial charge in [-0.15, -0.1) is 0 Å². The molecule has 6 heteroatoms. The molecule has 0 radical (unpaired) electrons. The Morgan fingerprint density at radius 3 is 2.32 bits per heavy atom. The summed E-state index contributed by atoms with van der Waals surface area (Å²) in [6, 6.07) is 10.7. The van der Waals surface area contributed by atoms with E-state index in [-0.39, 0.29) is 4.90 Å². The Morgan fingerprint density at radius 2 is 1.68 bits per heavy atom. The largest absolute Gasteiger partial charge is 0.377 e. The van der Waals surface area contributed by atoms with Gasteiger partial charge in [0.2, 0.25) is 0 Å². The van der Waals surface area contributed by atoms with E-state index in [1.807, 2.05) is 42.1 Å². The van der Waals surface area contributed by atoms with Gasteiger partial charge in [0.05, 0.1) is 12.0 Å². The van der Waals surface area contributed by atoms with Gasteiger partial charge in [-0.05, 0) is 12.1 Å². The van der Waals surface area contributed by atoms with Crippen LogP contribution in [0.5, 0.6) is 0 Å². The lowest BCUT2D eigenvalue weighted by Crippen LogP contribution is -2.22. The van der Waals surface area contributed by atoms with Crippen molar-refractivity contribution in [1.29, 1.82) is 0 Å². The summed E-state index contributed by atoms with van der Waals surface area (Å²) in [5.41, 5.74) is 0.965. The van der Waals surface area contributed by atoms with Crippen LogP contribution in [0.4, 0.5) is 5.69 Å². The van der Waals surface area contributed by atoms with Crippen molar-refractivity contribution in [1.82, 2.24) is 4.89 Å². The maximum absolute atomic E-state index is 12.1. The Kier molecular flexibility index (Phi) is 3.75. The number of hydrogen-bond donors (Lipinski definition) is 1. The van der Waals surface area contributed by atoms with E-state index >= 15 is 0 Å². The third-order valence-corrected chi connectivity index (χ3v) is 4.14. The van der Waals surface area contributed by atoms with Gasteiger partial charge in [0.1, 0.15) is 0 Å². The van der Waals surface area contributed by atoms with Gasteiger partial charge in [0.25, 0.3) is 10.0 Å². The first-order chi connectivity index (χ1) is 8.97. The molecule has 102 valence electrons. The molecule has 2 aromatic carbocycles. The number of anilines is 1. The summed E-state index contributed by atoms with van der Waals surface area (Å²) in [7, 11) is 1.44. The standard InChI is InChI=1S/C13H16N2O3S/c1-15(2)12-8-4-7-11-10(12)6-5-9-13(11)19(16,17)14-18-3/h4-9,14H,1-3H3. The van der Waals surface area contributed by atoms with Gasteiger partial charge < -0.3 is 4.90 Å². The van der Waals surface area contributed by atoms with E-state index in [2.05, 4.69) is 4.84 Å². The van der Waals surface area contributed by atoms with Crippen molar-refractivity contribution in [3.8, 4) is 0 Å². The molecule has 2 rings (SSSR count). The minimum Gasteiger partial charge on any atom is -0.377 e. The smallest absolute Gasteiger partial charge is 0.263 e. The van der Waals surface area contributed by atoms with Gasteiger partial charge in [-0.3, -0.25) is 4.84 Å². The summed E-state index contributed by atoms with van der Waals surface area (Å²) in [5, 5.41) is 1.55. The number of nitrogens with one attached hydrogen (secondary N) is 1. The van der Waals surface area contributed by atoms with Crippen LogP contribution in [-0.4, -0.2) is 29.6 Å². The van der Waals surface area contributed by atoms with E-state index in [4.69, 9.17) is 0 Å². The molecule has 0 aliphatic heterocycles. The van der Waals surface area contributed by atoms with Crippen LogP contribution in [0.3, 0.4) is 0 Å². The molecule has 2 aromatic rings. The third-order valence-electron chi connectivity index (χ3n) is 2.82. The van der Waals surface area contributed by atoms with E-state index in [9.17, 15) is 8.42 Å². The van der Waals surface area contributed by atoms with Crippen LogP contribution in [0.25, 0.3) is 10.8 Å². The molecule has 0 saturated carbocycles. The van der Waals surface area contributed by atoms with Crippen molar-refractivity contribution in [2.24, 2.45) is 0 Å². The van der Waals surface area contributed by atoms with Crippen molar-refractivity contribution >= 4 is 26.5 Å². The van der Waals surface area contributed by atoms with Crippen molar-refractivity contribution in [3.63, 3.8) is 0 Å². The zero-order valence-corrected chi connectivity index (χ0v) is 11.9. The number of rotatable bonds is 4. The van der Waals surface area contributed by atoms with Gasteiger partial charge in [-0.1, -0.05) is 29.2 Å². The molecule has 19 heavy (non-hydrogen) atoms. The van der Waals surface area contributed by atoms with Crippen LogP contribution >= 0.6 is 0 Å². The summed E-state index contributed by atoms with van der Waals surface area (Å²) < 4.78 is 24.2. The van der Waals surface area contributed by atoms with Gasteiger partial charge in [0.15, 0.2) is 0 Å². The zero-order valence-electron chi connectivity index (χ0n) is 11.0. The summed E-state index contributed by atoms with van der Waals surface area (Å²) in [6.45, 7) is 0. The van der Waals surface area contributed by atoms with E-state index in [1.165, 1.54) is 7.11 Å². The first-order valence-corrected chi connectivity index (χ1v) is 7.19. The van der Waals surface area contributed by atoms with Gasteiger partial charge in [-0.2, -0.15) is 0 Å². The lowest BCUT2D eigenvalue weighted by Gasteiger charge is -2.16. The van der Waals surface area contributed by atoms with Gasteiger partial charge in [0, 0.05) is 30.6 Å². The molecule has 0 bridgehead atoms. The Labute approximate surface area is 112 Å². The van der Waals surface area contributed by atoms with Gasteiger partial charge >= 0.3 is 0 Å². The van der Waals surface area contributed by atoms with E-state index in [0.29, 0.717) is 5.39 Å². The van der Waals surface area contributed by atoms with Crippen LogP contribution in [0.1, 0.15) is 0 Å². The number of sulfonamides is 1. The second-order valence-electron chi connectivity index (χ2n) is 4.31. The second kappa shape index (κ2) is 5.16. The van der Waals surface area contributed by atoms with Crippen LogP contribution in [0, 0.1) is 0 Å². The minimum atomic E-state index is -3.67.